The van der Waals surface area contributed by atoms with Crippen LogP contribution in [0.4, 0.5) is 0 Å². The van der Waals surface area contributed by atoms with Gasteiger partial charge >= 0.3 is 0 Å². The number of piperidine rings is 1. The third-order valence-corrected chi connectivity index (χ3v) is 6.31. The third-order valence-electron chi connectivity index (χ3n) is 5.00. The van der Waals surface area contributed by atoms with E-state index in [1.807, 2.05) is 17.0 Å². The van der Waals surface area contributed by atoms with Crippen LogP contribution in [0.25, 0.3) is 0 Å². The van der Waals surface area contributed by atoms with Crippen LogP contribution >= 0.6 is 0 Å². The van der Waals surface area contributed by atoms with E-state index in [0.29, 0.717) is 39.1 Å². The number of pyridine rings is 1. The fraction of sp³-hybridized carbons (Fsp3) is 0.647. The van der Waals surface area contributed by atoms with Crippen molar-refractivity contribution in [1.29, 1.82) is 0 Å². The van der Waals surface area contributed by atoms with Gasteiger partial charge < -0.3 is 14.4 Å². The van der Waals surface area contributed by atoms with Gasteiger partial charge in [0, 0.05) is 38.6 Å². The Balaban J connectivity index is 1.72. The number of methoxy groups -OCH3 is 1. The number of sulfonamides is 1. The van der Waals surface area contributed by atoms with Crippen molar-refractivity contribution in [2.45, 2.75) is 31.0 Å². The van der Waals surface area contributed by atoms with Crippen LogP contribution in [0.5, 0.6) is 0 Å². The van der Waals surface area contributed by atoms with Gasteiger partial charge in [0.2, 0.25) is 10.0 Å². The normalized spacial score (nSPS) is 25.3. The van der Waals surface area contributed by atoms with Gasteiger partial charge in [-0.2, -0.15) is 0 Å². The fourth-order valence-corrected chi connectivity index (χ4v) is 4.53. The summed E-state index contributed by atoms with van der Waals surface area (Å²) >= 11 is 0. The van der Waals surface area contributed by atoms with Gasteiger partial charge in [-0.25, -0.2) is 12.7 Å². The zero-order valence-corrected chi connectivity index (χ0v) is 15.9. The van der Waals surface area contributed by atoms with Crippen molar-refractivity contribution in [2.75, 3.05) is 39.7 Å². The van der Waals surface area contributed by atoms with E-state index in [2.05, 4.69) is 4.98 Å². The zero-order valence-electron chi connectivity index (χ0n) is 15.1. The molecule has 0 saturated carbocycles. The molecular formula is C17H25N3O5S. The minimum absolute atomic E-state index is 0.0148. The van der Waals surface area contributed by atoms with E-state index in [0.717, 1.165) is 5.56 Å². The Labute approximate surface area is 154 Å². The number of aromatic nitrogens is 1. The smallest absolute Gasteiger partial charge is 0.255 e. The van der Waals surface area contributed by atoms with Crippen molar-refractivity contribution in [1.82, 2.24) is 14.2 Å². The molecule has 0 N–H and O–H groups in total. The first-order valence-electron chi connectivity index (χ1n) is 8.71. The first-order valence-corrected chi connectivity index (χ1v) is 10.6. The predicted molar refractivity (Wildman–Crippen MR) is 94.9 cm³/mol. The molecule has 0 spiro atoms. The first-order chi connectivity index (χ1) is 12.4. The molecule has 3 rings (SSSR count). The highest BCUT2D eigenvalue weighted by Gasteiger charge is 2.52. The van der Waals surface area contributed by atoms with Crippen LogP contribution in [0, 0.1) is 0 Å². The summed E-state index contributed by atoms with van der Waals surface area (Å²) in [5, 5.41) is 0. The molecule has 1 aromatic rings. The van der Waals surface area contributed by atoms with Crippen LogP contribution in [0.2, 0.25) is 0 Å². The first kappa shape index (κ1) is 19.2. The Morgan fingerprint density at radius 3 is 2.42 bits per heavy atom. The van der Waals surface area contributed by atoms with E-state index in [1.54, 1.807) is 19.5 Å². The molecule has 0 aliphatic carbocycles. The number of rotatable bonds is 7. The summed E-state index contributed by atoms with van der Waals surface area (Å²) in [6, 6.07) is 3.63. The van der Waals surface area contributed by atoms with E-state index in [1.165, 1.54) is 10.6 Å². The Hall–Kier alpha value is -1.55. The van der Waals surface area contributed by atoms with Crippen LogP contribution in [0.1, 0.15) is 24.4 Å². The molecule has 2 atom stereocenters. The van der Waals surface area contributed by atoms with Crippen LogP contribution in [-0.2, 0) is 24.3 Å². The van der Waals surface area contributed by atoms with Crippen molar-refractivity contribution >= 4 is 15.9 Å². The predicted octanol–water partition coefficient (Wildman–Crippen LogP) is 0.421. The minimum Gasteiger partial charge on any atom is -0.382 e. The highest BCUT2D eigenvalue weighted by molar-refractivity contribution is 7.88. The lowest BCUT2D eigenvalue weighted by atomic mass is 9.87. The highest BCUT2D eigenvalue weighted by atomic mass is 32.2. The summed E-state index contributed by atoms with van der Waals surface area (Å²) in [5.41, 5.74) is 0.979. The fourth-order valence-electron chi connectivity index (χ4n) is 3.66. The lowest BCUT2D eigenvalue weighted by molar-refractivity contribution is -0.183. The topological polar surface area (TPSA) is 89.0 Å². The quantitative estimate of drug-likeness (QED) is 0.501. The molecule has 144 valence electrons. The average Bonchev–Trinajstić information content (AvgIpc) is 2.63. The summed E-state index contributed by atoms with van der Waals surface area (Å²) in [7, 11) is -1.59. The molecule has 2 saturated heterocycles. The number of hydrogen-bond donors (Lipinski definition) is 0. The van der Waals surface area contributed by atoms with E-state index in [9.17, 15) is 13.2 Å². The molecule has 0 unspecified atom stereocenters. The number of carbonyl (C=O) groups is 1. The van der Waals surface area contributed by atoms with E-state index in [4.69, 9.17) is 9.47 Å². The lowest BCUT2D eigenvalue weighted by Gasteiger charge is -2.52. The molecule has 8 nitrogen and oxygen atoms in total. The van der Waals surface area contributed by atoms with Crippen molar-refractivity contribution < 1.29 is 22.7 Å². The molecule has 2 aliphatic rings. The van der Waals surface area contributed by atoms with E-state index in [-0.39, 0.29) is 18.0 Å². The minimum atomic E-state index is -3.19. The number of β-lactam (4-membered cyclic amide) rings is 1. The summed E-state index contributed by atoms with van der Waals surface area (Å²) in [4.78, 5) is 18.6. The van der Waals surface area contributed by atoms with Crippen molar-refractivity contribution in [3.8, 4) is 0 Å². The van der Waals surface area contributed by atoms with Gasteiger partial charge in [-0.1, -0.05) is 0 Å². The van der Waals surface area contributed by atoms with Crippen LogP contribution in [0.3, 0.4) is 0 Å². The molecule has 2 fully saturated rings. The third kappa shape index (κ3) is 3.90. The summed E-state index contributed by atoms with van der Waals surface area (Å²) < 4.78 is 35.6. The van der Waals surface area contributed by atoms with Gasteiger partial charge in [0.25, 0.3) is 5.91 Å². The second kappa shape index (κ2) is 7.99. The average molecular weight is 383 g/mol. The number of ether oxygens (including phenoxy) is 2. The van der Waals surface area contributed by atoms with Gasteiger partial charge in [-0.05, 0) is 30.5 Å². The second-order valence-electron chi connectivity index (χ2n) is 6.65. The van der Waals surface area contributed by atoms with Gasteiger partial charge in [-0.15, -0.1) is 0 Å². The molecule has 1 aromatic heterocycles. The van der Waals surface area contributed by atoms with Crippen molar-refractivity contribution in [3.05, 3.63) is 30.1 Å². The standard InChI is InChI=1S/C17H25N3O5S/c1-24-11-12-25-16-15(13-3-7-18-8-4-13)20(17(16)21)14-5-9-19(10-6-14)26(2,22)23/h3-4,7-8,14-16H,5-6,9-12H2,1-2H3/t15-,16+/m0/s1. The highest BCUT2D eigenvalue weighted by Crippen LogP contribution is 2.40. The summed E-state index contributed by atoms with van der Waals surface area (Å²) in [6.45, 7) is 1.66. The van der Waals surface area contributed by atoms with Crippen molar-refractivity contribution in [3.63, 3.8) is 0 Å². The number of carbonyl (C=O) groups excluding carboxylic acids is 1. The SMILES string of the molecule is COCCO[C@H]1C(=O)N(C2CCN(S(C)(=O)=O)CC2)[C@H]1c1ccncc1. The number of nitrogens with zero attached hydrogens (tertiary/aromatic N) is 3. The molecule has 0 radical (unpaired) electrons. The maximum absolute atomic E-state index is 12.7. The zero-order chi connectivity index (χ0) is 18.7. The molecule has 9 heteroatoms. The molecule has 0 aromatic carbocycles. The maximum atomic E-state index is 12.7. The number of hydrogen-bond acceptors (Lipinski definition) is 6. The molecule has 2 aliphatic heterocycles. The monoisotopic (exact) mass is 383 g/mol. The molecule has 26 heavy (non-hydrogen) atoms. The van der Waals surface area contributed by atoms with E-state index < -0.39 is 16.1 Å². The van der Waals surface area contributed by atoms with Crippen molar-refractivity contribution in [2.24, 2.45) is 0 Å². The Morgan fingerprint density at radius 2 is 1.85 bits per heavy atom. The van der Waals surface area contributed by atoms with E-state index >= 15 is 0 Å². The number of likely N-dealkylation sites (tertiary alicyclic amines) is 1. The molecular weight excluding hydrogens is 358 g/mol. The summed E-state index contributed by atoms with van der Waals surface area (Å²) in [5.74, 6) is -0.0410. The van der Waals surface area contributed by atoms with Gasteiger partial charge in [-0.3, -0.25) is 9.78 Å². The Bertz CT molecular complexity index is 719. The summed E-state index contributed by atoms with van der Waals surface area (Å²) in [6.07, 6.45) is 5.36. The Kier molecular flexibility index (Phi) is 5.91. The number of amides is 1. The lowest BCUT2D eigenvalue weighted by Crippen LogP contribution is -2.64. The molecule has 0 bridgehead atoms. The van der Waals surface area contributed by atoms with Crippen LogP contribution in [-0.4, -0.2) is 80.3 Å². The molecule has 1 amide bonds. The largest absolute Gasteiger partial charge is 0.382 e. The van der Waals surface area contributed by atoms with Crippen LogP contribution < -0.4 is 0 Å². The van der Waals surface area contributed by atoms with Gasteiger partial charge in [0.1, 0.15) is 0 Å². The van der Waals surface area contributed by atoms with Gasteiger partial charge in [0.15, 0.2) is 6.10 Å². The second-order valence-corrected chi connectivity index (χ2v) is 8.63. The van der Waals surface area contributed by atoms with Gasteiger partial charge in [0.05, 0.1) is 25.5 Å². The molecule has 3 heterocycles. The van der Waals surface area contributed by atoms with Crippen LogP contribution in [0.15, 0.2) is 24.5 Å². The maximum Gasteiger partial charge on any atom is 0.255 e. The Morgan fingerprint density at radius 1 is 1.19 bits per heavy atom.